The Bertz CT molecular complexity index is 826. The maximum Gasteiger partial charge on any atom is 2.00 e. The molecule has 180 valence electrons. The molecule has 0 fully saturated rings. The first-order valence-corrected chi connectivity index (χ1v) is 11.4. The van der Waals surface area contributed by atoms with E-state index in [2.05, 4.69) is 9.98 Å². The Balaban J connectivity index is 0.000000602. The number of carbonyl (C=O) groups is 2. The normalized spacial score (nSPS) is 10.9. The average molecular weight is 529 g/mol. The van der Waals surface area contributed by atoms with Crippen LogP contribution in [0.3, 0.4) is 0 Å². The Morgan fingerprint density at radius 2 is 0.909 bits per heavy atom. The SMILES string of the molecule is CCN(CC)C([S-])=NC(=O)c1ccccc1.CCN(CC)C([S-])=NC(=O)c1ccccc1.[Ni+2]. The van der Waals surface area contributed by atoms with E-state index < -0.39 is 0 Å². The summed E-state index contributed by atoms with van der Waals surface area (Å²) >= 11 is 10.2. The summed E-state index contributed by atoms with van der Waals surface area (Å²) in [5.74, 6) is -0.560. The number of hydrogen-bond acceptors (Lipinski definition) is 4. The minimum absolute atomic E-state index is 0. The molecule has 2 rings (SSSR count). The van der Waals surface area contributed by atoms with E-state index in [9.17, 15) is 9.59 Å². The molecule has 0 saturated heterocycles. The summed E-state index contributed by atoms with van der Waals surface area (Å²) in [4.78, 5) is 35.0. The van der Waals surface area contributed by atoms with Gasteiger partial charge in [-0.15, -0.1) is 0 Å². The molecule has 0 aliphatic heterocycles. The van der Waals surface area contributed by atoms with Crippen LogP contribution in [0.5, 0.6) is 0 Å². The third-order valence-electron chi connectivity index (χ3n) is 4.50. The fourth-order valence-electron chi connectivity index (χ4n) is 2.59. The topological polar surface area (TPSA) is 65.3 Å². The molecule has 6 nitrogen and oxygen atoms in total. The number of amidine groups is 2. The molecule has 0 bridgehead atoms. The predicted octanol–water partition coefficient (Wildman–Crippen LogP) is 4.14. The second kappa shape index (κ2) is 17.2. The number of rotatable bonds is 6. The molecule has 0 N–H and O–H groups in total. The van der Waals surface area contributed by atoms with Crippen molar-refractivity contribution >= 4 is 47.4 Å². The third kappa shape index (κ3) is 10.9. The van der Waals surface area contributed by atoms with Crippen LogP contribution in [0.1, 0.15) is 48.4 Å². The van der Waals surface area contributed by atoms with E-state index in [0.29, 0.717) is 21.5 Å². The van der Waals surface area contributed by atoms with E-state index >= 15 is 0 Å². The van der Waals surface area contributed by atoms with Crippen LogP contribution in [0, 0.1) is 0 Å². The summed E-state index contributed by atoms with van der Waals surface area (Å²) in [5, 5.41) is 0.720. The molecule has 33 heavy (non-hydrogen) atoms. The van der Waals surface area contributed by atoms with E-state index in [4.69, 9.17) is 25.3 Å². The van der Waals surface area contributed by atoms with E-state index in [1.165, 1.54) is 0 Å². The van der Waals surface area contributed by atoms with Gasteiger partial charge in [0.25, 0.3) is 11.8 Å². The second-order valence-electron chi connectivity index (χ2n) is 6.48. The summed E-state index contributed by atoms with van der Waals surface area (Å²) in [6, 6.07) is 17.9. The summed E-state index contributed by atoms with van der Waals surface area (Å²) in [6.07, 6.45) is 0. The van der Waals surface area contributed by atoms with Crippen molar-refractivity contribution in [1.82, 2.24) is 9.80 Å². The van der Waals surface area contributed by atoms with Crippen molar-refractivity contribution in [3.63, 3.8) is 0 Å². The third-order valence-corrected chi connectivity index (χ3v) is 5.20. The molecule has 0 atom stereocenters. The predicted molar refractivity (Wildman–Crippen MR) is 137 cm³/mol. The number of benzene rings is 2. The van der Waals surface area contributed by atoms with Crippen LogP contribution in [0.4, 0.5) is 0 Å². The molecule has 2 aromatic carbocycles. The largest absolute Gasteiger partial charge is 2.00 e. The number of hydrogen-bond donors (Lipinski definition) is 0. The van der Waals surface area contributed by atoms with Crippen molar-refractivity contribution in [1.29, 1.82) is 0 Å². The zero-order chi connectivity index (χ0) is 23.9. The van der Waals surface area contributed by atoms with Crippen molar-refractivity contribution in [2.75, 3.05) is 26.2 Å². The van der Waals surface area contributed by atoms with Gasteiger partial charge in [0.1, 0.15) is 0 Å². The van der Waals surface area contributed by atoms with E-state index in [0.717, 1.165) is 26.2 Å². The number of amides is 2. The zero-order valence-electron chi connectivity index (χ0n) is 19.3. The minimum Gasteiger partial charge on any atom is -0.742 e. The molecular formula is C24H30N4NiO2S2. The van der Waals surface area contributed by atoms with E-state index in [1.807, 2.05) is 73.9 Å². The van der Waals surface area contributed by atoms with Gasteiger partial charge in [-0.2, -0.15) is 0 Å². The van der Waals surface area contributed by atoms with Crippen LogP contribution in [-0.2, 0) is 41.7 Å². The zero-order valence-corrected chi connectivity index (χ0v) is 22.0. The molecule has 0 spiro atoms. The summed E-state index contributed by atoms with van der Waals surface area (Å²) in [6.45, 7) is 11.0. The van der Waals surface area contributed by atoms with Gasteiger partial charge in [0.05, 0.1) is 0 Å². The first-order chi connectivity index (χ1) is 15.4. The quantitative estimate of drug-likeness (QED) is 0.243. The van der Waals surface area contributed by atoms with Gasteiger partial charge in [-0.1, -0.05) is 36.4 Å². The Labute approximate surface area is 218 Å². The van der Waals surface area contributed by atoms with E-state index in [1.54, 1.807) is 24.3 Å². The molecular weight excluding hydrogens is 499 g/mol. The average Bonchev–Trinajstić information content (AvgIpc) is 2.82. The first-order valence-electron chi connectivity index (χ1n) is 10.6. The molecule has 0 unspecified atom stereocenters. The Morgan fingerprint density at radius 3 is 1.15 bits per heavy atom. The molecule has 0 radical (unpaired) electrons. The molecule has 2 amide bonds. The fraction of sp³-hybridized carbons (Fsp3) is 0.333. The van der Waals surface area contributed by atoms with Crippen molar-refractivity contribution in [3.8, 4) is 0 Å². The Morgan fingerprint density at radius 1 is 0.636 bits per heavy atom. The molecule has 0 saturated carbocycles. The van der Waals surface area contributed by atoms with Crippen LogP contribution in [0.2, 0.25) is 0 Å². The monoisotopic (exact) mass is 528 g/mol. The van der Waals surface area contributed by atoms with E-state index in [-0.39, 0.29) is 28.3 Å². The molecule has 0 aromatic heterocycles. The summed E-state index contributed by atoms with van der Waals surface area (Å²) < 4.78 is 0. The molecule has 0 heterocycles. The standard InChI is InChI=1S/2C12H16N2OS.Ni/c2*1-3-14(4-2)12(16)13-11(15)10-8-6-5-7-9-10;/h2*5-9H,3-4H2,1-2H3,(H,13,15,16);/q;;+2/p-2. The van der Waals surface area contributed by atoms with Crippen LogP contribution in [0.15, 0.2) is 70.6 Å². The van der Waals surface area contributed by atoms with Crippen molar-refractivity contribution < 1.29 is 26.1 Å². The van der Waals surface area contributed by atoms with Gasteiger partial charge in [-0.05, 0) is 62.3 Å². The maximum absolute atomic E-state index is 11.7. The smallest absolute Gasteiger partial charge is 0.742 e. The van der Waals surface area contributed by atoms with Crippen molar-refractivity contribution in [2.45, 2.75) is 27.7 Å². The van der Waals surface area contributed by atoms with Crippen LogP contribution in [-0.4, -0.2) is 58.1 Å². The van der Waals surface area contributed by atoms with Gasteiger partial charge in [-0.3, -0.25) is 9.59 Å². The number of nitrogens with zero attached hydrogens (tertiary/aromatic N) is 4. The molecule has 0 aliphatic carbocycles. The summed E-state index contributed by atoms with van der Waals surface area (Å²) in [5.41, 5.74) is 1.13. The van der Waals surface area contributed by atoms with Gasteiger partial charge in [-0.25, -0.2) is 9.98 Å². The van der Waals surface area contributed by atoms with Gasteiger partial charge < -0.3 is 35.1 Å². The molecule has 0 aliphatic rings. The fourth-order valence-corrected chi connectivity index (χ4v) is 3.28. The van der Waals surface area contributed by atoms with Crippen molar-refractivity contribution in [2.24, 2.45) is 9.98 Å². The van der Waals surface area contributed by atoms with Crippen LogP contribution < -0.4 is 0 Å². The molecule has 2 aromatic rings. The maximum atomic E-state index is 11.7. The van der Waals surface area contributed by atoms with Gasteiger partial charge >= 0.3 is 16.5 Å². The molecule has 9 heteroatoms. The second-order valence-corrected chi connectivity index (χ2v) is 7.21. The summed E-state index contributed by atoms with van der Waals surface area (Å²) in [7, 11) is 0. The number of aliphatic imine (C=N–C) groups is 2. The van der Waals surface area contributed by atoms with Gasteiger partial charge in [0.15, 0.2) is 0 Å². The van der Waals surface area contributed by atoms with Crippen LogP contribution in [0.25, 0.3) is 0 Å². The minimum atomic E-state index is -0.280. The van der Waals surface area contributed by atoms with Gasteiger partial charge in [0.2, 0.25) is 0 Å². The number of carbonyl (C=O) groups excluding carboxylic acids is 2. The van der Waals surface area contributed by atoms with Crippen molar-refractivity contribution in [3.05, 3.63) is 71.8 Å². The first kappa shape index (κ1) is 30.7. The Hall–Kier alpha value is -2.35. The van der Waals surface area contributed by atoms with Gasteiger partial charge in [0, 0.05) is 37.3 Å². The van der Waals surface area contributed by atoms with Crippen LogP contribution >= 0.6 is 0 Å². The Kier molecular flexibility index (Phi) is 16.0.